The molecule has 80 valence electrons. The summed E-state index contributed by atoms with van der Waals surface area (Å²) in [5.41, 5.74) is 0.0849. The minimum absolute atomic E-state index is 0.0726. The molecule has 15 heavy (non-hydrogen) atoms. The van der Waals surface area contributed by atoms with Crippen LogP contribution >= 0.6 is 22.6 Å². The van der Waals surface area contributed by atoms with Gasteiger partial charge < -0.3 is 4.74 Å². The van der Waals surface area contributed by atoms with E-state index in [-0.39, 0.29) is 17.9 Å². The molecular weight excluding hydrogens is 317 g/mol. The SMILES string of the molecule is COc1ncc(C(F)F)c(CC#N)c1I. The van der Waals surface area contributed by atoms with E-state index in [4.69, 9.17) is 10.00 Å². The number of rotatable bonds is 3. The second-order valence-corrected chi connectivity index (χ2v) is 3.73. The molecule has 0 fully saturated rings. The number of nitrogens with zero attached hydrogens (tertiary/aromatic N) is 2. The maximum atomic E-state index is 12.6. The molecule has 0 saturated carbocycles. The van der Waals surface area contributed by atoms with Crippen LogP contribution in [0.2, 0.25) is 0 Å². The summed E-state index contributed by atoms with van der Waals surface area (Å²) in [5, 5.41) is 8.55. The molecule has 1 rings (SSSR count). The lowest BCUT2D eigenvalue weighted by atomic mass is 10.1. The first-order chi connectivity index (χ1) is 7.11. The molecule has 0 aromatic carbocycles. The van der Waals surface area contributed by atoms with Gasteiger partial charge in [-0.15, -0.1) is 0 Å². The number of hydrogen-bond donors (Lipinski definition) is 0. The van der Waals surface area contributed by atoms with Crippen molar-refractivity contribution in [2.45, 2.75) is 12.8 Å². The summed E-state index contributed by atoms with van der Waals surface area (Å²) in [6, 6.07) is 1.85. The standard InChI is InChI=1S/C9H7F2IN2O/c1-15-9-7(12)5(2-3-13)6(4-14-9)8(10)11/h4,8H,2H2,1H3. The Morgan fingerprint density at radius 1 is 1.67 bits per heavy atom. The van der Waals surface area contributed by atoms with Crippen molar-refractivity contribution in [2.24, 2.45) is 0 Å². The summed E-state index contributed by atoms with van der Waals surface area (Å²) >= 11 is 1.85. The van der Waals surface area contributed by atoms with E-state index in [0.29, 0.717) is 9.13 Å². The largest absolute Gasteiger partial charge is 0.480 e. The highest BCUT2D eigenvalue weighted by Gasteiger charge is 2.19. The predicted molar refractivity (Wildman–Crippen MR) is 57.8 cm³/mol. The zero-order valence-electron chi connectivity index (χ0n) is 7.80. The summed E-state index contributed by atoms with van der Waals surface area (Å²) in [4.78, 5) is 3.74. The van der Waals surface area contributed by atoms with Gasteiger partial charge in [0.1, 0.15) is 0 Å². The molecular formula is C9H7F2IN2O. The van der Waals surface area contributed by atoms with Crippen molar-refractivity contribution in [1.82, 2.24) is 4.98 Å². The number of aromatic nitrogens is 1. The molecule has 0 bridgehead atoms. The van der Waals surface area contributed by atoms with Gasteiger partial charge in [0.15, 0.2) is 0 Å². The topological polar surface area (TPSA) is 45.9 Å². The summed E-state index contributed by atoms with van der Waals surface area (Å²) in [6.07, 6.45) is -1.64. The van der Waals surface area contributed by atoms with E-state index in [1.165, 1.54) is 7.11 Å². The number of hydrogen-bond acceptors (Lipinski definition) is 3. The van der Waals surface area contributed by atoms with E-state index in [2.05, 4.69) is 4.98 Å². The van der Waals surface area contributed by atoms with E-state index >= 15 is 0 Å². The van der Waals surface area contributed by atoms with Crippen LogP contribution in [0.5, 0.6) is 5.88 Å². The summed E-state index contributed by atoms with van der Waals surface area (Å²) in [6.45, 7) is 0. The average molecular weight is 324 g/mol. The minimum atomic E-state index is -2.62. The van der Waals surface area contributed by atoms with Gasteiger partial charge in [-0.3, -0.25) is 0 Å². The highest BCUT2D eigenvalue weighted by molar-refractivity contribution is 14.1. The van der Waals surface area contributed by atoms with E-state index in [1.54, 1.807) is 0 Å². The molecule has 0 saturated heterocycles. The van der Waals surface area contributed by atoms with Gasteiger partial charge in [0.05, 0.1) is 23.2 Å². The quantitative estimate of drug-likeness (QED) is 0.803. The summed E-state index contributed by atoms with van der Waals surface area (Å²) < 4.78 is 30.5. The lowest BCUT2D eigenvalue weighted by Crippen LogP contribution is -2.02. The summed E-state index contributed by atoms with van der Waals surface area (Å²) in [5.74, 6) is 0.269. The molecule has 0 aliphatic carbocycles. The van der Waals surface area contributed by atoms with E-state index in [1.807, 2.05) is 28.7 Å². The maximum absolute atomic E-state index is 12.6. The third-order valence-corrected chi connectivity index (χ3v) is 2.92. The zero-order valence-corrected chi connectivity index (χ0v) is 9.96. The van der Waals surface area contributed by atoms with E-state index in [0.717, 1.165) is 6.20 Å². The Morgan fingerprint density at radius 3 is 2.80 bits per heavy atom. The molecule has 0 amide bonds. The first-order valence-corrected chi connectivity index (χ1v) is 5.06. The molecule has 3 nitrogen and oxygen atoms in total. The Hall–Kier alpha value is -0.970. The van der Waals surface area contributed by atoms with Crippen molar-refractivity contribution in [3.63, 3.8) is 0 Å². The highest BCUT2D eigenvalue weighted by atomic mass is 127. The summed E-state index contributed by atoms with van der Waals surface area (Å²) in [7, 11) is 1.41. The van der Waals surface area contributed by atoms with Crippen LogP contribution in [-0.2, 0) is 6.42 Å². The lowest BCUT2D eigenvalue weighted by Gasteiger charge is -2.10. The van der Waals surface area contributed by atoms with Crippen molar-refractivity contribution in [2.75, 3.05) is 7.11 Å². The molecule has 1 aromatic heterocycles. The van der Waals surface area contributed by atoms with Gasteiger partial charge in [-0.1, -0.05) is 0 Å². The predicted octanol–water partition coefficient (Wildman–Crippen LogP) is 2.70. The molecule has 6 heteroatoms. The molecule has 1 aromatic rings. The van der Waals surface area contributed by atoms with E-state index in [9.17, 15) is 8.78 Å². The van der Waals surface area contributed by atoms with E-state index < -0.39 is 6.43 Å². The van der Waals surface area contributed by atoms with Crippen LogP contribution in [0.25, 0.3) is 0 Å². The lowest BCUT2D eigenvalue weighted by molar-refractivity contribution is 0.149. The highest BCUT2D eigenvalue weighted by Crippen LogP contribution is 2.30. The van der Waals surface area contributed by atoms with Gasteiger partial charge in [-0.25, -0.2) is 13.8 Å². The van der Waals surface area contributed by atoms with Crippen LogP contribution in [-0.4, -0.2) is 12.1 Å². The monoisotopic (exact) mass is 324 g/mol. The molecule has 0 N–H and O–H groups in total. The first-order valence-electron chi connectivity index (χ1n) is 3.98. The van der Waals surface area contributed by atoms with Crippen LogP contribution in [0.4, 0.5) is 8.78 Å². The zero-order chi connectivity index (χ0) is 11.4. The second-order valence-electron chi connectivity index (χ2n) is 2.65. The Kier molecular flexibility index (Phi) is 4.20. The Labute approximate surface area is 99.2 Å². The van der Waals surface area contributed by atoms with Gasteiger partial charge in [0, 0.05) is 11.8 Å². The van der Waals surface area contributed by atoms with Crippen molar-refractivity contribution in [3.05, 3.63) is 20.9 Å². The van der Waals surface area contributed by atoms with Crippen LogP contribution in [0, 0.1) is 14.9 Å². The molecule has 1 heterocycles. The van der Waals surface area contributed by atoms with Gasteiger partial charge in [0.25, 0.3) is 6.43 Å². The number of ether oxygens (including phenoxy) is 1. The van der Waals surface area contributed by atoms with Crippen LogP contribution < -0.4 is 4.74 Å². The molecule has 0 aliphatic rings. The Bertz CT molecular complexity index is 404. The Morgan fingerprint density at radius 2 is 2.33 bits per heavy atom. The number of methoxy groups -OCH3 is 1. The van der Waals surface area contributed by atoms with Crippen molar-refractivity contribution in [3.8, 4) is 11.9 Å². The van der Waals surface area contributed by atoms with Crippen LogP contribution in [0.1, 0.15) is 17.6 Å². The minimum Gasteiger partial charge on any atom is -0.480 e. The number of alkyl halides is 2. The van der Waals surface area contributed by atoms with Crippen LogP contribution in [0.3, 0.4) is 0 Å². The third-order valence-electron chi connectivity index (χ3n) is 1.81. The fourth-order valence-corrected chi connectivity index (χ4v) is 1.97. The number of nitriles is 1. The van der Waals surface area contributed by atoms with Gasteiger partial charge >= 0.3 is 0 Å². The molecule has 0 atom stereocenters. The molecule has 0 unspecified atom stereocenters. The van der Waals surface area contributed by atoms with Crippen LogP contribution in [0.15, 0.2) is 6.20 Å². The molecule has 0 radical (unpaired) electrons. The molecule has 0 spiro atoms. The third kappa shape index (κ3) is 2.53. The first kappa shape index (κ1) is 12.1. The average Bonchev–Trinajstić information content (AvgIpc) is 2.20. The normalized spacial score (nSPS) is 10.1. The van der Waals surface area contributed by atoms with Crippen molar-refractivity contribution in [1.29, 1.82) is 5.26 Å². The number of pyridine rings is 1. The Balaban J connectivity index is 3.32. The second kappa shape index (κ2) is 5.21. The fraction of sp³-hybridized carbons (Fsp3) is 0.333. The van der Waals surface area contributed by atoms with Gasteiger partial charge in [0.2, 0.25) is 5.88 Å². The smallest absolute Gasteiger partial charge is 0.265 e. The van der Waals surface area contributed by atoms with Gasteiger partial charge in [-0.05, 0) is 28.2 Å². The van der Waals surface area contributed by atoms with Gasteiger partial charge in [-0.2, -0.15) is 5.26 Å². The fourth-order valence-electron chi connectivity index (χ4n) is 1.11. The van der Waals surface area contributed by atoms with Crippen molar-refractivity contribution < 1.29 is 13.5 Å². The number of halogens is 3. The van der Waals surface area contributed by atoms with Crippen molar-refractivity contribution >= 4 is 22.6 Å². The molecule has 0 aliphatic heterocycles. The maximum Gasteiger partial charge on any atom is 0.265 e.